The summed E-state index contributed by atoms with van der Waals surface area (Å²) in [5.74, 6) is 0.516. The highest BCUT2D eigenvalue weighted by Crippen LogP contribution is 2.26. The van der Waals surface area contributed by atoms with Crippen molar-refractivity contribution in [2.45, 2.75) is 27.7 Å². The number of ether oxygens (including phenoxy) is 1. The molecule has 0 saturated heterocycles. The molecule has 5 heteroatoms. The van der Waals surface area contributed by atoms with Crippen molar-refractivity contribution >= 4 is 22.4 Å². The summed E-state index contributed by atoms with van der Waals surface area (Å²) in [6.45, 7) is 8.13. The molecule has 0 aliphatic heterocycles. The van der Waals surface area contributed by atoms with E-state index in [-0.39, 0.29) is 12.5 Å². The average Bonchev–Trinajstić information content (AvgIpc) is 3.07. The van der Waals surface area contributed by atoms with Gasteiger partial charge in [0.1, 0.15) is 5.75 Å². The summed E-state index contributed by atoms with van der Waals surface area (Å²) < 4.78 is 5.64. The van der Waals surface area contributed by atoms with Gasteiger partial charge in [0.25, 0.3) is 5.91 Å². The standard InChI is InChI=1S/C21H22N2O2S/c1-13-8-9-17(10-15(13)3)18-12-26-21(22-18)23-20(24)11-25-19-7-5-6-14(2)16(19)4/h5-10,12H,11H2,1-4H3,(H,22,23,24). The summed E-state index contributed by atoms with van der Waals surface area (Å²) in [5.41, 5.74) is 6.58. The number of aryl methyl sites for hydroxylation is 3. The zero-order valence-electron chi connectivity index (χ0n) is 15.4. The Morgan fingerprint density at radius 1 is 1.08 bits per heavy atom. The number of amides is 1. The lowest BCUT2D eigenvalue weighted by molar-refractivity contribution is -0.118. The van der Waals surface area contributed by atoms with Crippen molar-refractivity contribution < 1.29 is 9.53 Å². The third-order valence-electron chi connectivity index (χ3n) is 4.47. The van der Waals surface area contributed by atoms with E-state index in [2.05, 4.69) is 36.3 Å². The van der Waals surface area contributed by atoms with Crippen LogP contribution < -0.4 is 10.1 Å². The van der Waals surface area contributed by atoms with Crippen LogP contribution >= 0.6 is 11.3 Å². The topological polar surface area (TPSA) is 51.2 Å². The molecule has 0 radical (unpaired) electrons. The maximum Gasteiger partial charge on any atom is 0.264 e. The number of anilines is 1. The van der Waals surface area contributed by atoms with Gasteiger partial charge in [0.2, 0.25) is 0 Å². The van der Waals surface area contributed by atoms with Crippen LogP contribution in [0.5, 0.6) is 5.75 Å². The fourth-order valence-corrected chi connectivity index (χ4v) is 3.28. The van der Waals surface area contributed by atoms with E-state index in [4.69, 9.17) is 4.74 Å². The minimum absolute atomic E-state index is 0.0388. The zero-order valence-corrected chi connectivity index (χ0v) is 16.2. The third-order valence-corrected chi connectivity index (χ3v) is 5.22. The first kappa shape index (κ1) is 18.1. The molecule has 1 N–H and O–H groups in total. The molecule has 3 aromatic rings. The van der Waals surface area contributed by atoms with Crippen LogP contribution in [-0.2, 0) is 4.79 Å². The summed E-state index contributed by atoms with van der Waals surface area (Å²) in [5, 5.41) is 5.33. The van der Waals surface area contributed by atoms with Crippen LogP contribution in [0, 0.1) is 27.7 Å². The van der Waals surface area contributed by atoms with Gasteiger partial charge < -0.3 is 4.74 Å². The molecule has 26 heavy (non-hydrogen) atoms. The Balaban J connectivity index is 1.62. The Kier molecular flexibility index (Phi) is 5.38. The van der Waals surface area contributed by atoms with Crippen molar-refractivity contribution in [1.29, 1.82) is 0 Å². The Labute approximate surface area is 157 Å². The predicted octanol–water partition coefficient (Wildman–Crippen LogP) is 5.06. The van der Waals surface area contributed by atoms with E-state index in [1.807, 2.05) is 43.5 Å². The van der Waals surface area contributed by atoms with E-state index in [1.165, 1.54) is 22.5 Å². The zero-order chi connectivity index (χ0) is 18.7. The van der Waals surface area contributed by atoms with E-state index >= 15 is 0 Å². The molecular weight excluding hydrogens is 344 g/mol. The Hall–Kier alpha value is -2.66. The molecule has 0 spiro atoms. The molecule has 0 bridgehead atoms. The van der Waals surface area contributed by atoms with E-state index in [1.54, 1.807) is 0 Å². The number of rotatable bonds is 5. The fourth-order valence-electron chi connectivity index (χ4n) is 2.54. The lowest BCUT2D eigenvalue weighted by Gasteiger charge is -2.10. The summed E-state index contributed by atoms with van der Waals surface area (Å²) >= 11 is 1.41. The Morgan fingerprint density at radius 2 is 1.88 bits per heavy atom. The summed E-state index contributed by atoms with van der Waals surface area (Å²) in [6, 6.07) is 12.1. The number of hydrogen-bond acceptors (Lipinski definition) is 4. The molecule has 0 atom stereocenters. The summed E-state index contributed by atoms with van der Waals surface area (Å²) in [7, 11) is 0. The van der Waals surface area contributed by atoms with Crippen LogP contribution in [0.15, 0.2) is 41.8 Å². The molecule has 3 rings (SSSR count). The molecule has 4 nitrogen and oxygen atoms in total. The van der Waals surface area contributed by atoms with Crippen molar-refractivity contribution in [1.82, 2.24) is 4.98 Å². The van der Waals surface area contributed by atoms with E-state index in [0.29, 0.717) is 5.13 Å². The first-order chi connectivity index (χ1) is 12.4. The van der Waals surface area contributed by atoms with Crippen molar-refractivity contribution in [3.8, 4) is 17.0 Å². The van der Waals surface area contributed by atoms with E-state index in [0.717, 1.165) is 28.1 Å². The quantitative estimate of drug-likeness (QED) is 0.686. The van der Waals surface area contributed by atoms with Gasteiger partial charge in [-0.1, -0.05) is 24.3 Å². The van der Waals surface area contributed by atoms with Gasteiger partial charge in [-0.05, 0) is 62.1 Å². The normalized spacial score (nSPS) is 10.6. The van der Waals surface area contributed by atoms with Crippen LogP contribution in [0.2, 0.25) is 0 Å². The number of hydrogen-bond donors (Lipinski definition) is 1. The van der Waals surface area contributed by atoms with Gasteiger partial charge in [-0.25, -0.2) is 4.98 Å². The van der Waals surface area contributed by atoms with E-state index < -0.39 is 0 Å². The first-order valence-electron chi connectivity index (χ1n) is 8.46. The van der Waals surface area contributed by atoms with Crippen LogP contribution in [0.1, 0.15) is 22.3 Å². The molecule has 1 amide bonds. The second-order valence-electron chi connectivity index (χ2n) is 6.37. The monoisotopic (exact) mass is 366 g/mol. The summed E-state index contributed by atoms with van der Waals surface area (Å²) in [4.78, 5) is 16.7. The molecule has 1 aromatic heterocycles. The molecule has 0 aliphatic rings. The molecule has 0 aliphatic carbocycles. The molecule has 0 unspecified atom stereocenters. The number of aromatic nitrogens is 1. The van der Waals surface area contributed by atoms with Crippen molar-refractivity contribution in [2.24, 2.45) is 0 Å². The Morgan fingerprint density at radius 3 is 2.65 bits per heavy atom. The molecular formula is C21H22N2O2S. The number of nitrogens with zero attached hydrogens (tertiary/aromatic N) is 1. The van der Waals surface area contributed by atoms with Gasteiger partial charge in [0.15, 0.2) is 11.7 Å². The largest absolute Gasteiger partial charge is 0.483 e. The average molecular weight is 366 g/mol. The van der Waals surface area contributed by atoms with Crippen LogP contribution in [-0.4, -0.2) is 17.5 Å². The first-order valence-corrected chi connectivity index (χ1v) is 9.34. The number of carbonyl (C=O) groups is 1. The lowest BCUT2D eigenvalue weighted by atomic mass is 10.1. The Bertz CT molecular complexity index is 947. The van der Waals surface area contributed by atoms with Gasteiger partial charge in [-0.15, -0.1) is 11.3 Å². The van der Waals surface area contributed by atoms with Crippen LogP contribution in [0.25, 0.3) is 11.3 Å². The SMILES string of the molecule is Cc1ccc(-c2csc(NC(=O)COc3cccc(C)c3C)n2)cc1C. The lowest BCUT2D eigenvalue weighted by Crippen LogP contribution is -2.20. The minimum atomic E-state index is -0.216. The summed E-state index contributed by atoms with van der Waals surface area (Å²) in [6.07, 6.45) is 0. The van der Waals surface area contributed by atoms with Crippen molar-refractivity contribution in [2.75, 3.05) is 11.9 Å². The van der Waals surface area contributed by atoms with Crippen LogP contribution in [0.3, 0.4) is 0 Å². The maximum absolute atomic E-state index is 12.2. The van der Waals surface area contributed by atoms with Gasteiger partial charge in [-0.3, -0.25) is 10.1 Å². The number of benzene rings is 2. The molecule has 0 fully saturated rings. The van der Waals surface area contributed by atoms with Gasteiger partial charge in [0.05, 0.1) is 5.69 Å². The minimum Gasteiger partial charge on any atom is -0.483 e. The molecule has 2 aromatic carbocycles. The highest BCUT2D eigenvalue weighted by Gasteiger charge is 2.10. The molecule has 134 valence electrons. The van der Waals surface area contributed by atoms with Gasteiger partial charge in [-0.2, -0.15) is 0 Å². The second kappa shape index (κ2) is 7.70. The van der Waals surface area contributed by atoms with Crippen molar-refractivity contribution in [3.63, 3.8) is 0 Å². The third kappa shape index (κ3) is 4.11. The van der Waals surface area contributed by atoms with E-state index in [9.17, 15) is 4.79 Å². The number of nitrogens with one attached hydrogen (secondary N) is 1. The van der Waals surface area contributed by atoms with Gasteiger partial charge >= 0.3 is 0 Å². The highest BCUT2D eigenvalue weighted by atomic mass is 32.1. The van der Waals surface area contributed by atoms with Crippen LogP contribution in [0.4, 0.5) is 5.13 Å². The second-order valence-corrected chi connectivity index (χ2v) is 7.23. The predicted molar refractivity (Wildman–Crippen MR) is 107 cm³/mol. The molecule has 1 heterocycles. The number of thiazole rings is 1. The van der Waals surface area contributed by atoms with Gasteiger partial charge in [0, 0.05) is 10.9 Å². The smallest absolute Gasteiger partial charge is 0.264 e. The fraction of sp³-hybridized carbons (Fsp3) is 0.238. The number of carbonyl (C=O) groups excluding carboxylic acids is 1. The maximum atomic E-state index is 12.2. The highest BCUT2D eigenvalue weighted by molar-refractivity contribution is 7.14. The molecule has 0 saturated carbocycles. The van der Waals surface area contributed by atoms with Crippen molar-refractivity contribution in [3.05, 3.63) is 64.0 Å².